The van der Waals surface area contributed by atoms with Gasteiger partial charge in [0, 0.05) is 24.9 Å². The molecule has 0 unspecified atom stereocenters. The zero-order chi connectivity index (χ0) is 21.1. The monoisotopic (exact) mass is 416 g/mol. The van der Waals surface area contributed by atoms with Gasteiger partial charge in [0.25, 0.3) is 0 Å². The van der Waals surface area contributed by atoms with Crippen molar-refractivity contribution in [1.82, 2.24) is 5.32 Å². The number of hydrogen-bond donors (Lipinski definition) is 2. The second kappa shape index (κ2) is 11.9. The van der Waals surface area contributed by atoms with Crippen molar-refractivity contribution in [3.8, 4) is 5.75 Å². The van der Waals surface area contributed by atoms with Gasteiger partial charge in [-0.25, -0.2) is 4.39 Å². The van der Waals surface area contributed by atoms with Crippen LogP contribution in [0.1, 0.15) is 25.3 Å². The SMILES string of the molecule is CCOc1ccc(N(CCCCO)C(=S)NC(=O)/C=C/c2ccc(F)cc2)cc1. The van der Waals surface area contributed by atoms with Gasteiger partial charge < -0.3 is 14.7 Å². The number of halogens is 1. The van der Waals surface area contributed by atoms with E-state index in [2.05, 4.69) is 5.32 Å². The summed E-state index contributed by atoms with van der Waals surface area (Å²) in [5.41, 5.74) is 1.53. The van der Waals surface area contributed by atoms with Gasteiger partial charge in [0.05, 0.1) is 6.61 Å². The summed E-state index contributed by atoms with van der Waals surface area (Å²) in [6.07, 6.45) is 4.29. The molecule has 0 fully saturated rings. The third-order valence-corrected chi connectivity index (χ3v) is 4.34. The number of carbonyl (C=O) groups is 1. The molecule has 2 rings (SSSR count). The van der Waals surface area contributed by atoms with E-state index >= 15 is 0 Å². The van der Waals surface area contributed by atoms with Crippen molar-refractivity contribution in [1.29, 1.82) is 0 Å². The molecular weight excluding hydrogens is 391 g/mol. The summed E-state index contributed by atoms with van der Waals surface area (Å²) < 4.78 is 18.4. The highest BCUT2D eigenvalue weighted by atomic mass is 32.1. The van der Waals surface area contributed by atoms with E-state index in [-0.39, 0.29) is 23.4 Å². The third kappa shape index (κ3) is 7.63. The van der Waals surface area contributed by atoms with E-state index in [0.717, 1.165) is 11.4 Å². The first-order valence-corrected chi connectivity index (χ1v) is 9.84. The van der Waals surface area contributed by atoms with Crippen LogP contribution >= 0.6 is 12.2 Å². The summed E-state index contributed by atoms with van der Waals surface area (Å²) in [6, 6.07) is 13.3. The molecule has 0 aliphatic carbocycles. The van der Waals surface area contributed by atoms with Gasteiger partial charge in [0.2, 0.25) is 5.91 Å². The summed E-state index contributed by atoms with van der Waals surface area (Å²) in [7, 11) is 0. The summed E-state index contributed by atoms with van der Waals surface area (Å²) >= 11 is 5.43. The number of thiocarbonyl (C=S) groups is 1. The van der Waals surface area contributed by atoms with Crippen LogP contribution in [-0.4, -0.2) is 35.9 Å². The summed E-state index contributed by atoms with van der Waals surface area (Å²) in [5, 5.41) is 12.0. The van der Waals surface area contributed by atoms with Crippen LogP contribution < -0.4 is 15.0 Å². The zero-order valence-corrected chi connectivity index (χ0v) is 17.1. The highest BCUT2D eigenvalue weighted by Gasteiger charge is 2.14. The van der Waals surface area contributed by atoms with Gasteiger partial charge in [0.15, 0.2) is 5.11 Å². The topological polar surface area (TPSA) is 61.8 Å². The Labute approximate surface area is 175 Å². The van der Waals surface area contributed by atoms with Crippen molar-refractivity contribution < 1.29 is 19.0 Å². The molecule has 0 saturated carbocycles. The van der Waals surface area contributed by atoms with E-state index in [9.17, 15) is 9.18 Å². The maximum Gasteiger partial charge on any atom is 0.250 e. The molecule has 0 heterocycles. The lowest BCUT2D eigenvalue weighted by Crippen LogP contribution is -2.42. The summed E-state index contributed by atoms with van der Waals surface area (Å²) in [5.74, 6) is 0.0443. The van der Waals surface area contributed by atoms with Crippen LogP contribution in [0.4, 0.5) is 10.1 Å². The Morgan fingerprint density at radius 3 is 2.48 bits per heavy atom. The number of hydrogen-bond acceptors (Lipinski definition) is 4. The number of rotatable bonds is 9. The number of benzene rings is 2. The molecule has 2 aromatic rings. The zero-order valence-electron chi connectivity index (χ0n) is 16.3. The molecule has 0 aliphatic rings. The molecule has 0 bridgehead atoms. The smallest absolute Gasteiger partial charge is 0.250 e. The van der Waals surface area contributed by atoms with E-state index in [1.807, 2.05) is 36.1 Å². The van der Waals surface area contributed by atoms with Crippen molar-refractivity contribution in [3.05, 3.63) is 66.0 Å². The summed E-state index contributed by atoms with van der Waals surface area (Å²) in [4.78, 5) is 14.1. The number of anilines is 1. The molecule has 0 radical (unpaired) electrons. The first-order chi connectivity index (χ1) is 14.0. The Kier molecular flexibility index (Phi) is 9.27. The number of carbonyl (C=O) groups excluding carboxylic acids is 1. The molecule has 0 atom stereocenters. The van der Waals surface area contributed by atoms with Crippen LogP contribution in [0.15, 0.2) is 54.6 Å². The van der Waals surface area contributed by atoms with Crippen LogP contribution in [0.5, 0.6) is 5.75 Å². The highest BCUT2D eigenvalue weighted by molar-refractivity contribution is 7.80. The molecule has 29 heavy (non-hydrogen) atoms. The number of aliphatic hydroxyl groups is 1. The Morgan fingerprint density at radius 2 is 1.86 bits per heavy atom. The van der Waals surface area contributed by atoms with Crippen LogP contribution in [-0.2, 0) is 4.79 Å². The number of aliphatic hydroxyl groups excluding tert-OH is 1. The quantitative estimate of drug-likeness (QED) is 0.369. The van der Waals surface area contributed by atoms with Crippen molar-refractivity contribution in [2.24, 2.45) is 0 Å². The van der Waals surface area contributed by atoms with E-state index in [1.165, 1.54) is 18.2 Å². The molecule has 2 N–H and O–H groups in total. The maximum absolute atomic E-state index is 13.0. The van der Waals surface area contributed by atoms with Gasteiger partial charge in [-0.05, 0) is 80.0 Å². The predicted octanol–water partition coefficient (Wildman–Crippen LogP) is 3.92. The van der Waals surface area contributed by atoms with Gasteiger partial charge in [0.1, 0.15) is 11.6 Å². The number of nitrogens with zero attached hydrogens (tertiary/aromatic N) is 1. The van der Waals surface area contributed by atoms with E-state index in [0.29, 0.717) is 31.6 Å². The Hall–Kier alpha value is -2.77. The first kappa shape index (κ1) is 22.5. The maximum atomic E-state index is 13.0. The molecule has 1 amide bonds. The predicted molar refractivity (Wildman–Crippen MR) is 117 cm³/mol. The molecule has 0 aliphatic heterocycles. The van der Waals surface area contributed by atoms with Crippen molar-refractivity contribution in [3.63, 3.8) is 0 Å². The lowest BCUT2D eigenvalue weighted by Gasteiger charge is -2.25. The van der Waals surface area contributed by atoms with Crippen LogP contribution in [0.2, 0.25) is 0 Å². The van der Waals surface area contributed by atoms with Gasteiger partial charge in [-0.15, -0.1) is 0 Å². The van der Waals surface area contributed by atoms with Gasteiger partial charge >= 0.3 is 0 Å². The normalized spacial score (nSPS) is 10.7. The Balaban J connectivity index is 2.05. The molecule has 0 spiro atoms. The summed E-state index contributed by atoms with van der Waals surface area (Å²) in [6.45, 7) is 3.14. The number of ether oxygens (including phenoxy) is 1. The highest BCUT2D eigenvalue weighted by Crippen LogP contribution is 2.20. The molecule has 0 aromatic heterocycles. The number of nitrogens with one attached hydrogen (secondary N) is 1. The lowest BCUT2D eigenvalue weighted by atomic mass is 10.2. The fourth-order valence-corrected chi connectivity index (χ4v) is 2.88. The Bertz CT molecular complexity index is 823. The van der Waals surface area contributed by atoms with Crippen molar-refractivity contribution >= 4 is 35.0 Å². The van der Waals surface area contributed by atoms with Crippen molar-refractivity contribution in [2.45, 2.75) is 19.8 Å². The van der Waals surface area contributed by atoms with Crippen LogP contribution in [0.3, 0.4) is 0 Å². The third-order valence-electron chi connectivity index (χ3n) is 4.02. The molecule has 154 valence electrons. The average Bonchev–Trinajstić information content (AvgIpc) is 2.72. The minimum absolute atomic E-state index is 0.0939. The molecule has 5 nitrogen and oxygen atoms in total. The average molecular weight is 417 g/mol. The van der Waals surface area contributed by atoms with Crippen LogP contribution in [0.25, 0.3) is 6.08 Å². The second-order valence-corrected chi connectivity index (χ2v) is 6.58. The molecular formula is C22H25FN2O3S. The van der Waals surface area contributed by atoms with Crippen molar-refractivity contribution in [2.75, 3.05) is 24.7 Å². The lowest BCUT2D eigenvalue weighted by molar-refractivity contribution is -0.115. The van der Waals surface area contributed by atoms with Gasteiger partial charge in [-0.1, -0.05) is 12.1 Å². The van der Waals surface area contributed by atoms with Gasteiger partial charge in [-0.2, -0.15) is 0 Å². The largest absolute Gasteiger partial charge is 0.494 e. The first-order valence-electron chi connectivity index (χ1n) is 9.43. The number of unbranched alkanes of at least 4 members (excludes halogenated alkanes) is 1. The van der Waals surface area contributed by atoms with E-state index in [4.69, 9.17) is 22.1 Å². The minimum Gasteiger partial charge on any atom is -0.494 e. The minimum atomic E-state index is -0.377. The molecule has 7 heteroatoms. The molecule has 2 aromatic carbocycles. The second-order valence-electron chi connectivity index (χ2n) is 6.19. The van der Waals surface area contributed by atoms with Gasteiger partial charge in [-0.3, -0.25) is 10.1 Å². The van der Waals surface area contributed by atoms with E-state index in [1.54, 1.807) is 18.2 Å². The fraction of sp³-hybridized carbons (Fsp3) is 0.273. The van der Waals surface area contributed by atoms with E-state index < -0.39 is 0 Å². The fourth-order valence-electron chi connectivity index (χ4n) is 2.58. The standard InChI is InChI=1S/C22H25FN2O3S/c1-2-28-20-12-10-19(11-13-20)25(15-3-4-16-26)22(29)24-21(27)14-7-17-5-8-18(23)9-6-17/h5-14,26H,2-4,15-16H2,1H3,(H,24,27,29)/b14-7+. The number of amides is 1. The van der Waals surface area contributed by atoms with Crippen LogP contribution in [0, 0.1) is 5.82 Å². The molecule has 0 saturated heterocycles. The Morgan fingerprint density at radius 1 is 1.17 bits per heavy atom.